The van der Waals surface area contributed by atoms with E-state index < -0.39 is 0 Å². The lowest BCUT2D eigenvalue weighted by Gasteiger charge is -2.28. The maximum Gasteiger partial charge on any atom is 0.269 e. The number of allylic oxidation sites excluding steroid dienone is 1. The minimum Gasteiger partial charge on any atom is -0.325 e. The third-order valence-electron chi connectivity index (χ3n) is 3.23. The summed E-state index contributed by atoms with van der Waals surface area (Å²) in [6.07, 6.45) is 4.89. The van der Waals surface area contributed by atoms with Gasteiger partial charge >= 0.3 is 0 Å². The molecule has 0 bridgehead atoms. The summed E-state index contributed by atoms with van der Waals surface area (Å²) < 4.78 is 0. The van der Waals surface area contributed by atoms with Crippen LogP contribution in [-0.2, 0) is 0 Å². The Kier molecular flexibility index (Phi) is 2.98. The van der Waals surface area contributed by atoms with E-state index in [9.17, 15) is 10.1 Å². The Hall–Kier alpha value is -1.68. The van der Waals surface area contributed by atoms with Crippen LogP contribution in [0.1, 0.15) is 31.7 Å². The number of nitro benzene ring substituents is 1. The number of nitro groups is 1. The third kappa shape index (κ3) is 2.71. The topological polar surface area (TPSA) is 69.2 Å². The average Bonchev–Trinajstić information content (AvgIpc) is 2.29. The molecular weight excluding hydrogens is 216 g/mol. The molecule has 0 amide bonds. The van der Waals surface area contributed by atoms with E-state index in [1.54, 1.807) is 12.1 Å². The molecule has 17 heavy (non-hydrogen) atoms. The van der Waals surface area contributed by atoms with Crippen LogP contribution in [0.3, 0.4) is 0 Å². The van der Waals surface area contributed by atoms with Crippen LogP contribution in [0.25, 0.3) is 5.57 Å². The molecule has 0 heterocycles. The van der Waals surface area contributed by atoms with Gasteiger partial charge < -0.3 is 5.73 Å². The minimum absolute atomic E-state index is 0.107. The molecule has 0 aliphatic heterocycles. The SMILES string of the molecule is CC1(N)CC=C(c2ccc([N+](=O)[O-])cc2)CC1. The zero-order valence-corrected chi connectivity index (χ0v) is 9.85. The first-order chi connectivity index (χ1) is 7.98. The highest BCUT2D eigenvalue weighted by atomic mass is 16.6. The van der Waals surface area contributed by atoms with Crippen LogP contribution >= 0.6 is 0 Å². The molecule has 1 aromatic carbocycles. The highest BCUT2D eigenvalue weighted by molar-refractivity contribution is 5.67. The molecule has 1 atom stereocenters. The summed E-state index contributed by atoms with van der Waals surface area (Å²) in [6, 6.07) is 6.71. The van der Waals surface area contributed by atoms with Gasteiger partial charge in [0.25, 0.3) is 5.69 Å². The zero-order valence-electron chi connectivity index (χ0n) is 9.85. The maximum absolute atomic E-state index is 10.5. The summed E-state index contributed by atoms with van der Waals surface area (Å²) in [6.45, 7) is 2.05. The van der Waals surface area contributed by atoms with Crippen molar-refractivity contribution in [1.29, 1.82) is 0 Å². The molecule has 1 aromatic rings. The lowest BCUT2D eigenvalue weighted by Crippen LogP contribution is -2.36. The lowest BCUT2D eigenvalue weighted by atomic mass is 9.83. The van der Waals surface area contributed by atoms with Gasteiger partial charge in [0.1, 0.15) is 0 Å². The molecule has 0 saturated carbocycles. The second-order valence-corrected chi connectivity index (χ2v) is 4.89. The number of benzene rings is 1. The summed E-state index contributed by atoms with van der Waals surface area (Å²) >= 11 is 0. The smallest absolute Gasteiger partial charge is 0.269 e. The lowest BCUT2D eigenvalue weighted by molar-refractivity contribution is -0.384. The van der Waals surface area contributed by atoms with Crippen molar-refractivity contribution in [2.24, 2.45) is 5.73 Å². The predicted molar refractivity (Wildman–Crippen MR) is 67.5 cm³/mol. The molecule has 4 nitrogen and oxygen atoms in total. The Morgan fingerprint density at radius 1 is 1.35 bits per heavy atom. The normalized spacial score (nSPS) is 24.2. The molecule has 1 aliphatic carbocycles. The Balaban J connectivity index is 2.19. The van der Waals surface area contributed by atoms with Gasteiger partial charge in [-0.3, -0.25) is 10.1 Å². The number of rotatable bonds is 2. The van der Waals surface area contributed by atoms with E-state index in [1.165, 1.54) is 5.57 Å². The number of nitrogens with zero attached hydrogens (tertiary/aromatic N) is 1. The van der Waals surface area contributed by atoms with Crippen LogP contribution in [0.2, 0.25) is 0 Å². The molecule has 90 valence electrons. The van der Waals surface area contributed by atoms with Crippen LogP contribution < -0.4 is 5.73 Å². The van der Waals surface area contributed by atoms with E-state index in [2.05, 4.69) is 13.0 Å². The highest BCUT2D eigenvalue weighted by Gasteiger charge is 2.22. The van der Waals surface area contributed by atoms with Crippen molar-refractivity contribution >= 4 is 11.3 Å². The first kappa shape index (κ1) is 11.8. The molecule has 0 saturated heterocycles. The van der Waals surface area contributed by atoms with Gasteiger partial charge in [-0.15, -0.1) is 0 Å². The van der Waals surface area contributed by atoms with E-state index in [-0.39, 0.29) is 16.1 Å². The monoisotopic (exact) mass is 232 g/mol. The molecule has 0 aromatic heterocycles. The highest BCUT2D eigenvalue weighted by Crippen LogP contribution is 2.31. The van der Waals surface area contributed by atoms with Crippen LogP contribution in [0.5, 0.6) is 0 Å². The standard InChI is InChI=1S/C13H16N2O2/c1-13(14)8-6-11(7-9-13)10-2-4-12(5-3-10)15(16)17/h2-6H,7-9,14H2,1H3. The number of nitrogens with two attached hydrogens (primary N) is 1. The molecular formula is C13H16N2O2. The maximum atomic E-state index is 10.5. The fraction of sp³-hybridized carbons (Fsp3) is 0.385. The van der Waals surface area contributed by atoms with Crippen molar-refractivity contribution in [1.82, 2.24) is 0 Å². The number of hydrogen-bond donors (Lipinski definition) is 1. The quantitative estimate of drug-likeness (QED) is 0.629. The van der Waals surface area contributed by atoms with E-state index in [4.69, 9.17) is 5.73 Å². The Bertz CT molecular complexity index is 461. The molecule has 0 spiro atoms. The van der Waals surface area contributed by atoms with Gasteiger partial charge in [-0.25, -0.2) is 0 Å². The molecule has 0 radical (unpaired) electrons. The Labute approximate surface area is 100 Å². The summed E-state index contributed by atoms with van der Waals surface area (Å²) in [7, 11) is 0. The van der Waals surface area contributed by atoms with Gasteiger partial charge in [0.05, 0.1) is 4.92 Å². The Morgan fingerprint density at radius 3 is 2.47 bits per heavy atom. The van der Waals surface area contributed by atoms with Gasteiger partial charge in [0.2, 0.25) is 0 Å². The van der Waals surface area contributed by atoms with Crippen LogP contribution in [0, 0.1) is 10.1 Å². The average molecular weight is 232 g/mol. The van der Waals surface area contributed by atoms with Gasteiger partial charge in [0, 0.05) is 17.7 Å². The van der Waals surface area contributed by atoms with Gasteiger partial charge in [-0.05, 0) is 49.5 Å². The van der Waals surface area contributed by atoms with E-state index in [0.29, 0.717) is 0 Å². The van der Waals surface area contributed by atoms with Crippen LogP contribution in [0.15, 0.2) is 30.3 Å². The molecule has 4 heteroatoms. The van der Waals surface area contributed by atoms with Crippen molar-refractivity contribution in [3.63, 3.8) is 0 Å². The summed E-state index contributed by atoms with van der Waals surface area (Å²) in [5.74, 6) is 0. The summed E-state index contributed by atoms with van der Waals surface area (Å²) in [5, 5.41) is 10.5. The molecule has 0 fully saturated rings. The second kappa shape index (κ2) is 4.30. The van der Waals surface area contributed by atoms with Crippen molar-refractivity contribution in [3.8, 4) is 0 Å². The Morgan fingerprint density at radius 2 is 2.00 bits per heavy atom. The van der Waals surface area contributed by atoms with Gasteiger partial charge in [-0.1, -0.05) is 6.08 Å². The van der Waals surface area contributed by atoms with E-state index in [0.717, 1.165) is 24.8 Å². The first-order valence-electron chi connectivity index (χ1n) is 5.71. The van der Waals surface area contributed by atoms with Crippen molar-refractivity contribution in [2.75, 3.05) is 0 Å². The minimum atomic E-state index is -0.379. The van der Waals surface area contributed by atoms with E-state index >= 15 is 0 Å². The third-order valence-corrected chi connectivity index (χ3v) is 3.23. The predicted octanol–water partition coefficient (Wildman–Crippen LogP) is 2.88. The number of non-ortho nitro benzene ring substituents is 1. The molecule has 2 N–H and O–H groups in total. The fourth-order valence-corrected chi connectivity index (χ4v) is 2.04. The van der Waals surface area contributed by atoms with Gasteiger partial charge in [0.15, 0.2) is 0 Å². The van der Waals surface area contributed by atoms with Crippen molar-refractivity contribution in [3.05, 3.63) is 46.0 Å². The van der Waals surface area contributed by atoms with E-state index in [1.807, 2.05) is 12.1 Å². The fourth-order valence-electron chi connectivity index (χ4n) is 2.04. The second-order valence-electron chi connectivity index (χ2n) is 4.89. The van der Waals surface area contributed by atoms with Gasteiger partial charge in [-0.2, -0.15) is 0 Å². The molecule has 1 unspecified atom stereocenters. The largest absolute Gasteiger partial charge is 0.325 e. The zero-order chi connectivity index (χ0) is 12.5. The molecule has 2 rings (SSSR count). The summed E-state index contributed by atoms with van der Waals surface area (Å²) in [4.78, 5) is 10.2. The van der Waals surface area contributed by atoms with Crippen molar-refractivity contribution < 1.29 is 4.92 Å². The first-order valence-corrected chi connectivity index (χ1v) is 5.71. The van der Waals surface area contributed by atoms with Crippen molar-refractivity contribution in [2.45, 2.75) is 31.7 Å². The summed E-state index contributed by atoms with van der Waals surface area (Å²) in [5.41, 5.74) is 8.37. The number of hydrogen-bond acceptors (Lipinski definition) is 3. The van der Waals surface area contributed by atoms with Crippen LogP contribution in [0.4, 0.5) is 5.69 Å². The molecule has 1 aliphatic rings. The van der Waals surface area contributed by atoms with Crippen LogP contribution in [-0.4, -0.2) is 10.5 Å².